The molecule has 6 nitrogen and oxygen atoms in total. The van der Waals surface area contributed by atoms with Crippen LogP contribution < -0.4 is 0 Å². The van der Waals surface area contributed by atoms with E-state index >= 15 is 0 Å². The lowest BCUT2D eigenvalue weighted by atomic mass is 10.1. The van der Waals surface area contributed by atoms with E-state index in [-0.39, 0.29) is 0 Å². The van der Waals surface area contributed by atoms with Gasteiger partial charge >= 0.3 is 0 Å². The fourth-order valence-electron chi connectivity index (χ4n) is 6.35. The number of hydrogen-bond acceptors (Lipinski definition) is 2. The van der Waals surface area contributed by atoms with Gasteiger partial charge in [0.05, 0.1) is 51.5 Å². The van der Waals surface area contributed by atoms with Gasteiger partial charge in [-0.05, 0) is 54.6 Å². The van der Waals surface area contributed by atoms with Crippen molar-refractivity contribution in [3.8, 4) is 22.7 Å². The molecule has 5 aromatic carbocycles. The predicted octanol–water partition coefficient (Wildman–Crippen LogP) is 8.25. The Bertz CT molecular complexity index is 2370. The summed E-state index contributed by atoms with van der Waals surface area (Å²) < 4.78 is 8.49. The average molecular weight is 541 g/mol. The van der Waals surface area contributed by atoms with E-state index < -0.39 is 0 Å². The van der Waals surface area contributed by atoms with Gasteiger partial charge in [-0.3, -0.25) is 0 Å². The van der Waals surface area contributed by atoms with Crippen molar-refractivity contribution in [2.24, 2.45) is 0 Å². The van der Waals surface area contributed by atoms with E-state index in [0.717, 1.165) is 33.8 Å². The molecule has 0 fully saturated rings. The second kappa shape index (κ2) is 8.81. The van der Waals surface area contributed by atoms with Crippen molar-refractivity contribution < 1.29 is 0 Å². The number of aromatic nitrogens is 6. The van der Waals surface area contributed by atoms with Gasteiger partial charge in [0.2, 0.25) is 0 Å². The monoisotopic (exact) mass is 540 g/mol. The third-order valence-corrected chi connectivity index (χ3v) is 8.19. The molecule has 0 amide bonds. The van der Waals surface area contributed by atoms with Crippen molar-refractivity contribution in [1.82, 2.24) is 28.7 Å². The van der Waals surface area contributed by atoms with Crippen LogP contribution in [0.4, 0.5) is 0 Å². The van der Waals surface area contributed by atoms with Crippen LogP contribution in [0.15, 0.2) is 146 Å². The van der Waals surface area contributed by atoms with Crippen LogP contribution in [-0.4, -0.2) is 28.7 Å². The molecular formula is C36H24N6. The van der Waals surface area contributed by atoms with Crippen LogP contribution in [0.3, 0.4) is 0 Å². The highest BCUT2D eigenvalue weighted by molar-refractivity contribution is 6.10. The lowest BCUT2D eigenvalue weighted by molar-refractivity contribution is 0.878. The Kier molecular flexibility index (Phi) is 4.80. The van der Waals surface area contributed by atoms with Crippen molar-refractivity contribution in [1.29, 1.82) is 0 Å². The van der Waals surface area contributed by atoms with Gasteiger partial charge in [-0.2, -0.15) is 10.2 Å². The summed E-state index contributed by atoms with van der Waals surface area (Å²) in [5.41, 5.74) is 8.76. The number of fused-ring (bicyclic) bond motifs is 6. The van der Waals surface area contributed by atoms with Gasteiger partial charge < -0.3 is 9.13 Å². The maximum absolute atomic E-state index is 4.84. The van der Waals surface area contributed by atoms with Gasteiger partial charge in [-0.25, -0.2) is 9.36 Å². The molecule has 0 aliphatic heterocycles. The average Bonchev–Trinajstić information content (AvgIpc) is 3.85. The Morgan fingerprint density at radius 2 is 1.00 bits per heavy atom. The van der Waals surface area contributed by atoms with Crippen molar-refractivity contribution >= 4 is 43.6 Å². The lowest BCUT2D eigenvalue weighted by Crippen LogP contribution is -1.99. The normalized spacial score (nSPS) is 11.8. The molecule has 0 radical (unpaired) electrons. The molecule has 0 spiro atoms. The van der Waals surface area contributed by atoms with Crippen molar-refractivity contribution in [3.63, 3.8) is 0 Å². The molecule has 42 heavy (non-hydrogen) atoms. The predicted molar refractivity (Wildman–Crippen MR) is 169 cm³/mol. The van der Waals surface area contributed by atoms with Crippen molar-refractivity contribution in [3.05, 3.63) is 146 Å². The van der Waals surface area contributed by atoms with Crippen LogP contribution in [0.1, 0.15) is 0 Å². The van der Waals surface area contributed by atoms with E-state index in [0.29, 0.717) is 0 Å². The fourth-order valence-corrected chi connectivity index (χ4v) is 6.35. The third-order valence-electron chi connectivity index (χ3n) is 8.19. The van der Waals surface area contributed by atoms with Gasteiger partial charge in [-0.15, -0.1) is 0 Å². The molecule has 0 unspecified atom stereocenters. The fraction of sp³-hybridized carbons (Fsp3) is 0. The largest absolute Gasteiger partial charge is 0.309 e. The molecule has 198 valence electrons. The van der Waals surface area contributed by atoms with Crippen LogP contribution in [0.5, 0.6) is 0 Å². The van der Waals surface area contributed by atoms with Gasteiger partial charge in [-0.1, -0.05) is 66.7 Å². The molecule has 0 saturated carbocycles. The summed E-state index contributed by atoms with van der Waals surface area (Å²) in [4.78, 5) is 0. The molecule has 0 saturated heterocycles. The number of benzene rings is 5. The Labute approximate surface area is 240 Å². The van der Waals surface area contributed by atoms with Crippen LogP contribution in [-0.2, 0) is 0 Å². The van der Waals surface area contributed by atoms with E-state index in [1.807, 2.05) is 27.8 Å². The number of para-hydroxylation sites is 3. The van der Waals surface area contributed by atoms with E-state index in [1.54, 1.807) is 6.20 Å². The molecule has 0 aliphatic carbocycles. The standard InChI is InChI=1S/C36H24N6/c1-5-15-34-29(11-1)30-12-2-6-16-35(30)42(34)28-23-38-40(24-28)26-17-18-32-31-13-3-4-14-33(31)41(36(32)22-26)27-10-7-9-25(21-27)39-20-8-19-37-39/h1-24H. The molecule has 0 aliphatic rings. The number of hydrogen-bond donors (Lipinski definition) is 0. The molecule has 9 aromatic rings. The summed E-state index contributed by atoms with van der Waals surface area (Å²) >= 11 is 0. The number of rotatable bonds is 4. The second-order valence-electron chi connectivity index (χ2n) is 10.5. The Balaban J connectivity index is 1.23. The summed E-state index contributed by atoms with van der Waals surface area (Å²) in [6, 6.07) is 42.7. The van der Waals surface area contributed by atoms with Crippen molar-refractivity contribution in [2.75, 3.05) is 0 Å². The molecule has 0 atom stereocenters. The van der Waals surface area contributed by atoms with Gasteiger partial charge in [0, 0.05) is 39.6 Å². The van der Waals surface area contributed by atoms with E-state index in [4.69, 9.17) is 5.10 Å². The molecule has 4 aromatic heterocycles. The zero-order chi connectivity index (χ0) is 27.6. The Morgan fingerprint density at radius 3 is 1.67 bits per heavy atom. The first kappa shape index (κ1) is 22.9. The van der Waals surface area contributed by atoms with Crippen molar-refractivity contribution in [2.45, 2.75) is 0 Å². The van der Waals surface area contributed by atoms with Crippen LogP contribution in [0.2, 0.25) is 0 Å². The zero-order valence-corrected chi connectivity index (χ0v) is 22.5. The highest BCUT2D eigenvalue weighted by atomic mass is 15.3. The SMILES string of the molecule is c1cc(-n2cccn2)cc(-n2c3ccccc3c3ccc(-n4cc(-n5c6ccccc6c6ccccc65)cn4)cc32)c1. The maximum Gasteiger partial charge on any atom is 0.0848 e. The Hall–Kier alpha value is -5.88. The topological polar surface area (TPSA) is 45.5 Å². The first-order valence-electron chi connectivity index (χ1n) is 14.0. The molecule has 0 bridgehead atoms. The van der Waals surface area contributed by atoms with Gasteiger partial charge in [0.25, 0.3) is 0 Å². The third kappa shape index (κ3) is 3.32. The molecule has 0 N–H and O–H groups in total. The quantitative estimate of drug-likeness (QED) is 0.226. The van der Waals surface area contributed by atoms with E-state index in [2.05, 4.69) is 136 Å². The maximum atomic E-state index is 4.84. The first-order valence-corrected chi connectivity index (χ1v) is 14.0. The smallest absolute Gasteiger partial charge is 0.0848 e. The molecule has 6 heteroatoms. The summed E-state index contributed by atoms with van der Waals surface area (Å²) in [6.45, 7) is 0. The van der Waals surface area contributed by atoms with Gasteiger partial charge in [0.1, 0.15) is 0 Å². The minimum absolute atomic E-state index is 1.00. The molecule has 9 rings (SSSR count). The van der Waals surface area contributed by atoms with Gasteiger partial charge in [0.15, 0.2) is 0 Å². The highest BCUT2D eigenvalue weighted by Crippen LogP contribution is 2.35. The van der Waals surface area contributed by atoms with E-state index in [9.17, 15) is 0 Å². The summed E-state index contributed by atoms with van der Waals surface area (Å²) in [5, 5.41) is 14.2. The minimum atomic E-state index is 1.00. The molecular weight excluding hydrogens is 516 g/mol. The van der Waals surface area contributed by atoms with Crippen LogP contribution in [0, 0.1) is 0 Å². The Morgan fingerprint density at radius 1 is 0.405 bits per heavy atom. The zero-order valence-electron chi connectivity index (χ0n) is 22.5. The highest BCUT2D eigenvalue weighted by Gasteiger charge is 2.16. The molecule has 4 heterocycles. The summed E-state index contributed by atoms with van der Waals surface area (Å²) in [7, 11) is 0. The minimum Gasteiger partial charge on any atom is -0.309 e. The second-order valence-corrected chi connectivity index (χ2v) is 10.5. The lowest BCUT2D eigenvalue weighted by Gasteiger charge is -2.11. The summed E-state index contributed by atoms with van der Waals surface area (Å²) in [5.74, 6) is 0. The summed E-state index contributed by atoms with van der Waals surface area (Å²) in [6.07, 6.45) is 7.84. The van der Waals surface area contributed by atoms with E-state index in [1.165, 1.54) is 32.6 Å². The van der Waals surface area contributed by atoms with Crippen LogP contribution >= 0.6 is 0 Å². The first-order chi connectivity index (χ1) is 20.8. The van der Waals surface area contributed by atoms with Crippen LogP contribution in [0.25, 0.3) is 66.4 Å². The number of nitrogens with zero attached hydrogens (tertiary/aromatic N) is 6.